The van der Waals surface area contributed by atoms with E-state index in [1.807, 2.05) is 0 Å². The lowest BCUT2D eigenvalue weighted by atomic mass is 9.77. The number of benzene rings is 1. The van der Waals surface area contributed by atoms with Crippen molar-refractivity contribution in [2.24, 2.45) is 5.92 Å². The molecule has 2 fully saturated rings. The summed E-state index contributed by atoms with van der Waals surface area (Å²) in [7, 11) is 1.38. The molecule has 0 aromatic heterocycles. The van der Waals surface area contributed by atoms with Gasteiger partial charge in [-0.3, -0.25) is 19.3 Å². The van der Waals surface area contributed by atoms with Gasteiger partial charge in [-0.2, -0.15) is 0 Å². The summed E-state index contributed by atoms with van der Waals surface area (Å²) in [6, 6.07) is 6.39. The van der Waals surface area contributed by atoms with Gasteiger partial charge in [0, 0.05) is 32.5 Å². The molecule has 29 heavy (non-hydrogen) atoms. The van der Waals surface area contributed by atoms with Crippen LogP contribution >= 0.6 is 0 Å². The van der Waals surface area contributed by atoms with Crippen LogP contribution in [-0.4, -0.2) is 60.8 Å². The minimum absolute atomic E-state index is 0.134. The third-order valence-electron chi connectivity index (χ3n) is 6.35. The highest BCUT2D eigenvalue weighted by Crippen LogP contribution is 2.44. The van der Waals surface area contributed by atoms with E-state index in [0.29, 0.717) is 12.8 Å². The molecule has 156 valence electrons. The minimum atomic E-state index is -0.643. The Hall–Kier alpha value is -2.38. The van der Waals surface area contributed by atoms with Gasteiger partial charge in [-0.15, -0.1) is 6.58 Å². The number of fused-ring (bicyclic) bond motifs is 1. The summed E-state index contributed by atoms with van der Waals surface area (Å²) in [5, 5.41) is 1.44. The number of methoxy groups -OCH3 is 1. The van der Waals surface area contributed by atoms with Gasteiger partial charge < -0.3 is 9.47 Å². The first kappa shape index (κ1) is 19.9. The van der Waals surface area contributed by atoms with Crippen molar-refractivity contribution in [2.45, 2.75) is 37.8 Å². The van der Waals surface area contributed by atoms with Gasteiger partial charge >= 0.3 is 5.97 Å². The molecule has 1 amide bonds. The standard InChI is InChI=1S/C22H28N2O5/c1-3-11-29-24-20(25)14-18(21(26)27-2)22(24)7-9-23(10-8-22)15-16-4-5-19-17(13-16)6-12-28-19/h3-5,13,18H,1,6-12,14-15H2,2H3/t18-/m0/s1. The van der Waals surface area contributed by atoms with Crippen molar-refractivity contribution in [3.8, 4) is 5.75 Å². The molecule has 3 aliphatic rings. The van der Waals surface area contributed by atoms with Crippen molar-refractivity contribution in [1.82, 2.24) is 9.96 Å². The predicted octanol–water partition coefficient (Wildman–Crippen LogP) is 2.10. The number of piperidine rings is 1. The second-order valence-electron chi connectivity index (χ2n) is 7.97. The van der Waals surface area contributed by atoms with E-state index < -0.39 is 11.5 Å². The summed E-state index contributed by atoms with van der Waals surface area (Å²) in [5.74, 6) is 0.000278. The molecule has 4 rings (SSSR count). The molecular formula is C22H28N2O5. The van der Waals surface area contributed by atoms with Crippen molar-refractivity contribution >= 4 is 11.9 Å². The number of carbonyl (C=O) groups excluding carboxylic acids is 2. The van der Waals surface area contributed by atoms with Crippen LogP contribution in [0.25, 0.3) is 0 Å². The summed E-state index contributed by atoms with van der Waals surface area (Å²) in [4.78, 5) is 33.1. The molecule has 0 aliphatic carbocycles. The number of hydrogen-bond donors (Lipinski definition) is 0. The van der Waals surface area contributed by atoms with E-state index in [-0.39, 0.29) is 24.9 Å². The molecule has 0 bridgehead atoms. The summed E-state index contributed by atoms with van der Waals surface area (Å²) < 4.78 is 10.6. The molecular weight excluding hydrogens is 372 g/mol. The third kappa shape index (κ3) is 3.65. The first-order valence-electron chi connectivity index (χ1n) is 10.2. The van der Waals surface area contributed by atoms with E-state index in [2.05, 4.69) is 29.7 Å². The van der Waals surface area contributed by atoms with Gasteiger partial charge in [0.15, 0.2) is 0 Å². The van der Waals surface area contributed by atoms with Crippen LogP contribution in [0.1, 0.15) is 30.4 Å². The molecule has 1 aromatic rings. The van der Waals surface area contributed by atoms with Gasteiger partial charge in [-0.1, -0.05) is 18.2 Å². The van der Waals surface area contributed by atoms with Crippen LogP contribution in [0.15, 0.2) is 30.9 Å². The van der Waals surface area contributed by atoms with Crippen molar-refractivity contribution in [3.63, 3.8) is 0 Å². The number of likely N-dealkylation sites (tertiary alicyclic amines) is 1. The Labute approximate surface area is 171 Å². The Kier molecular flexibility index (Phi) is 5.61. The fraction of sp³-hybridized carbons (Fsp3) is 0.545. The number of carbonyl (C=O) groups is 2. The van der Waals surface area contributed by atoms with Gasteiger partial charge in [0.1, 0.15) is 5.75 Å². The molecule has 3 heterocycles. The maximum Gasteiger partial charge on any atom is 0.311 e. The molecule has 2 saturated heterocycles. The van der Waals surface area contributed by atoms with Crippen molar-refractivity contribution in [1.29, 1.82) is 0 Å². The van der Waals surface area contributed by atoms with Crippen molar-refractivity contribution in [3.05, 3.63) is 42.0 Å². The Bertz CT molecular complexity index is 800. The number of rotatable bonds is 6. The average Bonchev–Trinajstić information content (AvgIpc) is 3.30. The van der Waals surface area contributed by atoms with E-state index in [9.17, 15) is 9.59 Å². The molecule has 1 spiro atoms. The lowest BCUT2D eigenvalue weighted by molar-refractivity contribution is -0.218. The fourth-order valence-electron chi connectivity index (χ4n) is 4.86. The van der Waals surface area contributed by atoms with Crippen LogP contribution < -0.4 is 4.74 Å². The molecule has 0 radical (unpaired) electrons. The first-order chi connectivity index (χ1) is 14.1. The minimum Gasteiger partial charge on any atom is -0.493 e. The van der Waals surface area contributed by atoms with Gasteiger partial charge in [-0.25, -0.2) is 5.06 Å². The smallest absolute Gasteiger partial charge is 0.311 e. The number of hydrogen-bond acceptors (Lipinski definition) is 6. The van der Waals surface area contributed by atoms with E-state index in [0.717, 1.165) is 38.4 Å². The number of ether oxygens (including phenoxy) is 2. The molecule has 0 saturated carbocycles. The molecule has 1 atom stereocenters. The highest BCUT2D eigenvalue weighted by Gasteiger charge is 2.58. The highest BCUT2D eigenvalue weighted by molar-refractivity contribution is 5.88. The topological polar surface area (TPSA) is 68.3 Å². The average molecular weight is 400 g/mol. The molecule has 0 N–H and O–H groups in total. The van der Waals surface area contributed by atoms with Gasteiger partial charge in [0.2, 0.25) is 5.91 Å². The van der Waals surface area contributed by atoms with E-state index >= 15 is 0 Å². The normalized spacial score (nSPS) is 23.1. The summed E-state index contributed by atoms with van der Waals surface area (Å²) in [6.07, 6.45) is 4.05. The lowest BCUT2D eigenvalue weighted by Crippen LogP contribution is -2.57. The second kappa shape index (κ2) is 8.16. The molecule has 7 heteroatoms. The monoisotopic (exact) mass is 400 g/mol. The predicted molar refractivity (Wildman–Crippen MR) is 106 cm³/mol. The zero-order chi connectivity index (χ0) is 20.4. The maximum atomic E-state index is 12.6. The van der Waals surface area contributed by atoms with Crippen LogP contribution in [0.4, 0.5) is 0 Å². The highest BCUT2D eigenvalue weighted by atomic mass is 16.7. The first-order valence-corrected chi connectivity index (χ1v) is 10.2. The van der Waals surface area contributed by atoms with Crippen LogP contribution in [0.3, 0.4) is 0 Å². The number of esters is 1. The third-order valence-corrected chi connectivity index (χ3v) is 6.35. The van der Waals surface area contributed by atoms with Crippen molar-refractivity contribution in [2.75, 3.05) is 33.4 Å². The molecule has 3 aliphatic heterocycles. The summed E-state index contributed by atoms with van der Waals surface area (Å²) >= 11 is 0. The van der Waals surface area contributed by atoms with E-state index in [1.54, 1.807) is 6.08 Å². The van der Waals surface area contributed by atoms with Crippen molar-refractivity contribution < 1.29 is 23.9 Å². The van der Waals surface area contributed by atoms with Gasteiger partial charge in [-0.05, 0) is 30.0 Å². The number of amides is 1. The Morgan fingerprint density at radius 3 is 2.90 bits per heavy atom. The number of nitrogens with zero attached hydrogens (tertiary/aromatic N) is 2. The van der Waals surface area contributed by atoms with E-state index in [4.69, 9.17) is 14.3 Å². The molecule has 1 aromatic carbocycles. The quantitative estimate of drug-likeness (QED) is 0.538. The SMILES string of the molecule is C=CCON1C(=O)C[C@@H](C(=O)OC)C12CCN(Cc1ccc3c(c1)CCO3)CC2. The lowest BCUT2D eigenvalue weighted by Gasteiger charge is -2.45. The van der Waals surface area contributed by atoms with Gasteiger partial charge in [0.05, 0.1) is 31.8 Å². The van der Waals surface area contributed by atoms with Crippen LogP contribution in [0, 0.1) is 5.92 Å². The summed E-state index contributed by atoms with van der Waals surface area (Å²) in [6.45, 7) is 7.06. The molecule has 0 unspecified atom stereocenters. The van der Waals surface area contributed by atoms with Crippen LogP contribution in [0.2, 0.25) is 0 Å². The Morgan fingerprint density at radius 1 is 1.38 bits per heavy atom. The van der Waals surface area contributed by atoms with Gasteiger partial charge in [0.25, 0.3) is 0 Å². The zero-order valence-electron chi connectivity index (χ0n) is 16.9. The largest absolute Gasteiger partial charge is 0.493 e. The fourth-order valence-corrected chi connectivity index (χ4v) is 4.86. The number of hydroxylamine groups is 2. The second-order valence-corrected chi connectivity index (χ2v) is 7.97. The zero-order valence-corrected chi connectivity index (χ0v) is 16.9. The Balaban J connectivity index is 1.47. The van der Waals surface area contributed by atoms with Crippen LogP contribution in [0.5, 0.6) is 5.75 Å². The van der Waals surface area contributed by atoms with Crippen LogP contribution in [-0.2, 0) is 32.1 Å². The maximum absolute atomic E-state index is 12.6. The molecule has 7 nitrogen and oxygen atoms in total. The summed E-state index contributed by atoms with van der Waals surface area (Å²) in [5.41, 5.74) is 1.89. The van der Waals surface area contributed by atoms with E-state index in [1.165, 1.54) is 23.3 Å². The Morgan fingerprint density at radius 2 is 2.17 bits per heavy atom.